The van der Waals surface area contributed by atoms with Gasteiger partial charge in [-0.1, -0.05) is 83.9 Å². The Bertz CT molecular complexity index is 1750. The van der Waals surface area contributed by atoms with Gasteiger partial charge in [-0.25, -0.2) is 0 Å². The summed E-state index contributed by atoms with van der Waals surface area (Å²) >= 11 is 0. The Morgan fingerprint density at radius 3 is 1.58 bits per heavy atom. The first-order valence-electron chi connectivity index (χ1n) is 12.2. The Labute approximate surface area is 209 Å². The van der Waals surface area contributed by atoms with Crippen LogP contribution in [0, 0.1) is 13.8 Å². The Hall–Kier alpha value is -4.63. The van der Waals surface area contributed by atoms with Gasteiger partial charge in [-0.3, -0.25) is 4.57 Å². The van der Waals surface area contributed by atoms with Gasteiger partial charge in [0.15, 0.2) is 5.58 Å². The van der Waals surface area contributed by atoms with Crippen LogP contribution in [0.5, 0.6) is 0 Å². The molecule has 5 aromatic carbocycles. The molecule has 0 atom stereocenters. The van der Waals surface area contributed by atoms with Crippen LogP contribution < -0.4 is 0 Å². The molecule has 0 aliphatic carbocycles. The van der Waals surface area contributed by atoms with Crippen molar-refractivity contribution in [3.63, 3.8) is 0 Å². The molecule has 0 aliphatic rings. The van der Waals surface area contributed by atoms with E-state index in [1.807, 2.05) is 24.3 Å². The Morgan fingerprint density at radius 2 is 1.06 bits per heavy atom. The molecule has 36 heavy (non-hydrogen) atoms. The van der Waals surface area contributed by atoms with E-state index in [-0.39, 0.29) is 0 Å². The fourth-order valence-electron chi connectivity index (χ4n) is 5.04. The molecule has 0 radical (unpaired) electrons. The van der Waals surface area contributed by atoms with Crippen molar-refractivity contribution in [3.05, 3.63) is 120 Å². The van der Waals surface area contributed by atoms with E-state index in [0.29, 0.717) is 6.01 Å². The predicted molar refractivity (Wildman–Crippen MR) is 149 cm³/mol. The van der Waals surface area contributed by atoms with E-state index in [1.165, 1.54) is 44.2 Å². The summed E-state index contributed by atoms with van der Waals surface area (Å²) in [5.41, 5.74) is 11.1. The number of aryl methyl sites for hydroxylation is 2. The molecule has 0 saturated carbocycles. The molecule has 0 amide bonds. The molecular weight excluding hydrogens is 440 g/mol. The second-order valence-corrected chi connectivity index (χ2v) is 9.50. The van der Waals surface area contributed by atoms with Crippen molar-refractivity contribution in [3.8, 4) is 28.3 Å². The number of oxazole rings is 1. The van der Waals surface area contributed by atoms with E-state index in [4.69, 9.17) is 9.40 Å². The van der Waals surface area contributed by atoms with E-state index in [0.717, 1.165) is 22.1 Å². The van der Waals surface area contributed by atoms with Gasteiger partial charge in [-0.2, -0.15) is 4.98 Å². The van der Waals surface area contributed by atoms with Crippen molar-refractivity contribution in [1.29, 1.82) is 0 Å². The van der Waals surface area contributed by atoms with E-state index in [2.05, 4.69) is 103 Å². The summed E-state index contributed by atoms with van der Waals surface area (Å²) in [6.07, 6.45) is 0. The van der Waals surface area contributed by atoms with Crippen LogP contribution in [0.1, 0.15) is 11.1 Å². The smallest absolute Gasteiger partial charge is 0.307 e. The number of rotatable bonds is 3. The molecule has 0 saturated heterocycles. The molecule has 172 valence electrons. The minimum atomic E-state index is 0.586. The van der Waals surface area contributed by atoms with E-state index < -0.39 is 0 Å². The van der Waals surface area contributed by atoms with Gasteiger partial charge in [0.05, 0.1) is 11.0 Å². The lowest BCUT2D eigenvalue weighted by molar-refractivity contribution is 0.574. The molecule has 0 bridgehead atoms. The van der Waals surface area contributed by atoms with Crippen molar-refractivity contribution in [2.75, 3.05) is 0 Å². The maximum atomic E-state index is 6.24. The van der Waals surface area contributed by atoms with Gasteiger partial charge >= 0.3 is 6.01 Å². The third-order valence-corrected chi connectivity index (χ3v) is 7.01. The third kappa shape index (κ3) is 3.32. The summed E-state index contributed by atoms with van der Waals surface area (Å²) in [6, 6.07) is 39.2. The molecule has 0 unspecified atom stereocenters. The fourth-order valence-corrected chi connectivity index (χ4v) is 5.04. The normalized spacial score (nSPS) is 11.6. The average Bonchev–Trinajstić information content (AvgIpc) is 3.47. The van der Waals surface area contributed by atoms with Gasteiger partial charge in [0.25, 0.3) is 0 Å². The Kier molecular flexibility index (Phi) is 4.58. The number of hydrogen-bond acceptors (Lipinski definition) is 2. The summed E-state index contributed by atoms with van der Waals surface area (Å²) in [5, 5.41) is 2.36. The van der Waals surface area contributed by atoms with Crippen molar-refractivity contribution < 1.29 is 4.42 Å². The van der Waals surface area contributed by atoms with E-state index in [1.54, 1.807) is 0 Å². The van der Waals surface area contributed by atoms with Crippen LogP contribution in [0.15, 0.2) is 114 Å². The summed E-state index contributed by atoms with van der Waals surface area (Å²) in [6.45, 7) is 4.24. The Morgan fingerprint density at radius 1 is 0.556 bits per heavy atom. The second-order valence-electron chi connectivity index (χ2n) is 9.50. The first-order chi connectivity index (χ1) is 17.6. The van der Waals surface area contributed by atoms with Crippen LogP contribution in [0.25, 0.3) is 61.2 Å². The zero-order valence-electron chi connectivity index (χ0n) is 20.2. The molecule has 0 fully saturated rings. The first kappa shape index (κ1) is 20.7. The van der Waals surface area contributed by atoms with E-state index in [9.17, 15) is 0 Å². The number of fused-ring (bicyclic) bond motifs is 4. The molecule has 3 nitrogen and oxygen atoms in total. The van der Waals surface area contributed by atoms with Gasteiger partial charge in [-0.15, -0.1) is 0 Å². The molecule has 0 aliphatic heterocycles. The molecule has 0 N–H and O–H groups in total. The first-order valence-corrected chi connectivity index (χ1v) is 12.2. The number of nitrogens with zero attached hydrogens (tertiary/aromatic N) is 2. The predicted octanol–water partition coefficient (Wildman–Crippen LogP) is 8.88. The summed E-state index contributed by atoms with van der Waals surface area (Å²) < 4.78 is 8.38. The highest BCUT2D eigenvalue weighted by molar-refractivity contribution is 6.11. The van der Waals surface area contributed by atoms with Crippen LogP contribution in [-0.4, -0.2) is 9.55 Å². The lowest BCUT2D eigenvalue weighted by Crippen LogP contribution is -1.93. The van der Waals surface area contributed by atoms with Crippen LogP contribution in [0.2, 0.25) is 0 Å². The van der Waals surface area contributed by atoms with Crippen molar-refractivity contribution >= 4 is 32.9 Å². The van der Waals surface area contributed by atoms with Gasteiger partial charge < -0.3 is 4.42 Å². The summed E-state index contributed by atoms with van der Waals surface area (Å²) in [4.78, 5) is 4.83. The van der Waals surface area contributed by atoms with Crippen LogP contribution in [-0.2, 0) is 0 Å². The van der Waals surface area contributed by atoms with Gasteiger partial charge in [0.2, 0.25) is 0 Å². The molecule has 3 heteroatoms. The molecule has 7 aromatic rings. The van der Waals surface area contributed by atoms with Crippen LogP contribution in [0.3, 0.4) is 0 Å². The summed E-state index contributed by atoms with van der Waals surface area (Å²) in [7, 11) is 0. The minimum absolute atomic E-state index is 0.586. The second kappa shape index (κ2) is 7.96. The molecule has 2 aromatic heterocycles. The maximum absolute atomic E-state index is 6.24. The SMILES string of the molecule is Cc1ccc(-c2ccc3c(c2)c2cc(-c4ccc(C)cc4)ccc2n3-c2nc3ccccc3o2)cc1. The van der Waals surface area contributed by atoms with Crippen molar-refractivity contribution in [1.82, 2.24) is 9.55 Å². The minimum Gasteiger partial charge on any atom is -0.423 e. The fraction of sp³-hybridized carbons (Fsp3) is 0.0606. The highest BCUT2D eigenvalue weighted by Crippen LogP contribution is 2.37. The Balaban J connectivity index is 1.51. The average molecular weight is 465 g/mol. The number of para-hydroxylation sites is 2. The third-order valence-electron chi connectivity index (χ3n) is 7.01. The number of aromatic nitrogens is 2. The van der Waals surface area contributed by atoms with Crippen molar-refractivity contribution in [2.24, 2.45) is 0 Å². The van der Waals surface area contributed by atoms with Gasteiger partial charge in [0, 0.05) is 10.8 Å². The lowest BCUT2D eigenvalue weighted by Gasteiger charge is -2.05. The maximum Gasteiger partial charge on any atom is 0.307 e. The quantitative estimate of drug-likeness (QED) is 0.261. The zero-order valence-corrected chi connectivity index (χ0v) is 20.2. The monoisotopic (exact) mass is 464 g/mol. The van der Waals surface area contributed by atoms with E-state index >= 15 is 0 Å². The highest BCUT2D eigenvalue weighted by atomic mass is 16.4. The lowest BCUT2D eigenvalue weighted by atomic mass is 9.99. The zero-order chi connectivity index (χ0) is 24.2. The summed E-state index contributed by atoms with van der Waals surface area (Å²) in [5.74, 6) is 0. The van der Waals surface area contributed by atoms with Gasteiger partial charge in [-0.05, 0) is 72.5 Å². The number of hydrogen-bond donors (Lipinski definition) is 0. The standard InChI is InChI=1S/C33H24N2O/c1-21-7-11-23(12-8-21)25-15-17-30-27(19-25)28-20-26(24-13-9-22(2)10-14-24)16-18-31(28)35(30)33-34-29-5-3-4-6-32(29)36-33/h3-20H,1-2H3. The molecule has 2 heterocycles. The molecule has 7 rings (SSSR count). The number of benzene rings is 5. The largest absolute Gasteiger partial charge is 0.423 e. The highest BCUT2D eigenvalue weighted by Gasteiger charge is 2.18. The van der Waals surface area contributed by atoms with Crippen LogP contribution in [0.4, 0.5) is 0 Å². The molecule has 0 spiro atoms. The van der Waals surface area contributed by atoms with Crippen molar-refractivity contribution in [2.45, 2.75) is 13.8 Å². The van der Waals surface area contributed by atoms with Crippen LogP contribution >= 0.6 is 0 Å². The topological polar surface area (TPSA) is 31.0 Å². The van der Waals surface area contributed by atoms with Gasteiger partial charge in [0.1, 0.15) is 5.52 Å². The molecular formula is C33H24N2O.